The fourth-order valence-electron chi connectivity index (χ4n) is 2.68. The normalized spacial score (nSPS) is 10.5. The first-order valence-electron chi connectivity index (χ1n) is 8.63. The van der Waals surface area contributed by atoms with Crippen LogP contribution >= 0.6 is 11.6 Å². The van der Waals surface area contributed by atoms with E-state index in [0.29, 0.717) is 21.9 Å². The maximum absolute atomic E-state index is 12.2. The molecule has 7 nitrogen and oxygen atoms in total. The van der Waals surface area contributed by atoms with Gasteiger partial charge < -0.3 is 9.57 Å². The average Bonchev–Trinajstić information content (AvgIpc) is 2.71. The summed E-state index contributed by atoms with van der Waals surface area (Å²) < 4.78 is 4.32. The molecule has 1 heterocycles. The molecule has 0 aliphatic carbocycles. The van der Waals surface area contributed by atoms with Gasteiger partial charge in [-0.3, -0.25) is 4.79 Å². The Bertz CT molecular complexity index is 1020. The highest BCUT2D eigenvalue weighted by atomic mass is 35.5. The standard InChI is InChI=1S/C20H18ClN3O4/c1-3-4-16-15-10-7-13(19(25)24-28-20(26)27-2)11-17(15)23-18(22-16)12-5-8-14(21)9-6-12/h5-11H,3-4H2,1-2H3,(H,24,25). The second-order valence-corrected chi connectivity index (χ2v) is 6.41. The van der Waals surface area contributed by atoms with Crippen LogP contribution in [0.25, 0.3) is 22.3 Å². The van der Waals surface area contributed by atoms with Crippen LogP contribution in [0.15, 0.2) is 42.5 Å². The van der Waals surface area contributed by atoms with Gasteiger partial charge in [-0.05, 0) is 42.8 Å². The third-order valence-corrected chi connectivity index (χ3v) is 4.27. The summed E-state index contributed by atoms with van der Waals surface area (Å²) in [5, 5.41) is 1.49. The Balaban J connectivity index is 2.01. The molecule has 28 heavy (non-hydrogen) atoms. The van der Waals surface area contributed by atoms with Crippen LogP contribution in [0.3, 0.4) is 0 Å². The molecule has 0 saturated heterocycles. The highest BCUT2D eigenvalue weighted by Crippen LogP contribution is 2.24. The number of halogens is 1. The number of ether oxygens (including phenoxy) is 1. The summed E-state index contributed by atoms with van der Waals surface area (Å²) in [6, 6.07) is 12.3. The molecule has 0 radical (unpaired) electrons. The number of aryl methyl sites for hydroxylation is 1. The van der Waals surface area contributed by atoms with Crippen molar-refractivity contribution in [2.24, 2.45) is 0 Å². The van der Waals surface area contributed by atoms with Crippen molar-refractivity contribution in [3.8, 4) is 11.4 Å². The maximum atomic E-state index is 12.2. The van der Waals surface area contributed by atoms with E-state index in [2.05, 4.69) is 21.5 Å². The number of methoxy groups -OCH3 is 1. The smallest absolute Gasteiger partial charge is 0.436 e. The number of carbonyl (C=O) groups is 2. The number of nitrogens with zero attached hydrogens (tertiary/aromatic N) is 2. The van der Waals surface area contributed by atoms with E-state index in [1.165, 1.54) is 0 Å². The molecule has 0 aliphatic rings. The molecule has 2 aromatic carbocycles. The molecular weight excluding hydrogens is 382 g/mol. The van der Waals surface area contributed by atoms with Gasteiger partial charge in [-0.15, -0.1) is 0 Å². The summed E-state index contributed by atoms with van der Waals surface area (Å²) in [5.74, 6) is -0.0352. The second-order valence-electron chi connectivity index (χ2n) is 5.97. The third-order valence-electron chi connectivity index (χ3n) is 4.02. The van der Waals surface area contributed by atoms with Crippen LogP contribution in [0.4, 0.5) is 4.79 Å². The van der Waals surface area contributed by atoms with Crippen molar-refractivity contribution >= 4 is 34.6 Å². The van der Waals surface area contributed by atoms with Crippen molar-refractivity contribution < 1.29 is 19.2 Å². The Morgan fingerprint density at radius 3 is 2.54 bits per heavy atom. The van der Waals surface area contributed by atoms with Crippen LogP contribution in [0.1, 0.15) is 29.4 Å². The number of aromatic nitrogens is 2. The molecule has 3 rings (SSSR count). The quantitative estimate of drug-likeness (QED) is 0.518. The lowest BCUT2D eigenvalue weighted by atomic mass is 10.1. The fraction of sp³-hybridized carbons (Fsp3) is 0.200. The molecule has 0 bridgehead atoms. The number of hydroxylamine groups is 1. The fourth-order valence-corrected chi connectivity index (χ4v) is 2.81. The zero-order chi connectivity index (χ0) is 20.1. The van der Waals surface area contributed by atoms with Gasteiger partial charge in [0.1, 0.15) is 0 Å². The first kappa shape index (κ1) is 19.6. The van der Waals surface area contributed by atoms with Crippen molar-refractivity contribution in [2.45, 2.75) is 19.8 Å². The van der Waals surface area contributed by atoms with Crippen LogP contribution in [0, 0.1) is 0 Å². The first-order chi connectivity index (χ1) is 13.5. The summed E-state index contributed by atoms with van der Waals surface area (Å²) in [7, 11) is 1.15. The van der Waals surface area contributed by atoms with Gasteiger partial charge in [0.25, 0.3) is 5.91 Å². The number of nitrogens with one attached hydrogen (secondary N) is 1. The Labute approximate surface area is 166 Å². The van der Waals surface area contributed by atoms with Crippen LogP contribution in [0.5, 0.6) is 0 Å². The minimum Gasteiger partial charge on any atom is -0.436 e. The molecular formula is C20H18ClN3O4. The summed E-state index contributed by atoms with van der Waals surface area (Å²) >= 11 is 5.96. The Morgan fingerprint density at radius 2 is 1.86 bits per heavy atom. The van der Waals surface area contributed by atoms with Gasteiger partial charge in [-0.25, -0.2) is 14.8 Å². The van der Waals surface area contributed by atoms with Gasteiger partial charge in [0, 0.05) is 21.5 Å². The minimum atomic E-state index is -1.01. The summed E-state index contributed by atoms with van der Waals surface area (Å²) in [6.07, 6.45) is 0.685. The molecule has 1 aromatic heterocycles. The molecule has 0 aliphatic heterocycles. The maximum Gasteiger partial charge on any atom is 0.533 e. The van der Waals surface area contributed by atoms with E-state index >= 15 is 0 Å². The van der Waals surface area contributed by atoms with E-state index in [1.807, 2.05) is 17.6 Å². The zero-order valence-corrected chi connectivity index (χ0v) is 16.1. The van der Waals surface area contributed by atoms with Crippen LogP contribution in [-0.4, -0.2) is 29.1 Å². The lowest BCUT2D eigenvalue weighted by Crippen LogP contribution is -2.27. The minimum absolute atomic E-state index is 0.291. The molecule has 144 valence electrons. The van der Waals surface area contributed by atoms with E-state index in [-0.39, 0.29) is 0 Å². The monoisotopic (exact) mass is 399 g/mol. The van der Waals surface area contributed by atoms with Crippen molar-refractivity contribution in [1.29, 1.82) is 0 Å². The highest BCUT2D eigenvalue weighted by molar-refractivity contribution is 6.30. The summed E-state index contributed by atoms with van der Waals surface area (Å²) in [4.78, 5) is 37.0. The largest absolute Gasteiger partial charge is 0.533 e. The Hall–Kier alpha value is -3.19. The lowest BCUT2D eigenvalue weighted by Gasteiger charge is -2.10. The summed E-state index contributed by atoms with van der Waals surface area (Å²) in [5.41, 5.74) is 4.67. The van der Waals surface area contributed by atoms with E-state index in [9.17, 15) is 9.59 Å². The predicted octanol–water partition coefficient (Wildman–Crippen LogP) is 4.33. The number of rotatable bonds is 4. The van der Waals surface area contributed by atoms with Gasteiger partial charge in [0.15, 0.2) is 5.82 Å². The first-order valence-corrected chi connectivity index (χ1v) is 9.01. The van der Waals surface area contributed by atoms with Crippen LogP contribution in [0.2, 0.25) is 5.02 Å². The van der Waals surface area contributed by atoms with Crippen molar-refractivity contribution in [1.82, 2.24) is 15.4 Å². The second kappa shape index (κ2) is 8.67. The van der Waals surface area contributed by atoms with Gasteiger partial charge in [0.05, 0.1) is 18.3 Å². The molecule has 0 spiro atoms. The van der Waals surface area contributed by atoms with Gasteiger partial charge in [-0.1, -0.05) is 31.0 Å². The molecule has 8 heteroatoms. The number of amides is 1. The van der Waals surface area contributed by atoms with E-state index in [0.717, 1.165) is 36.6 Å². The highest BCUT2D eigenvalue weighted by Gasteiger charge is 2.14. The van der Waals surface area contributed by atoms with Gasteiger partial charge in [-0.2, -0.15) is 5.48 Å². The van der Waals surface area contributed by atoms with E-state index in [4.69, 9.17) is 16.6 Å². The predicted molar refractivity (Wildman–Crippen MR) is 105 cm³/mol. The lowest BCUT2D eigenvalue weighted by molar-refractivity contribution is 0.0255. The molecule has 1 N–H and O–H groups in total. The molecule has 0 unspecified atom stereocenters. The number of benzene rings is 2. The van der Waals surface area contributed by atoms with E-state index in [1.54, 1.807) is 30.3 Å². The topological polar surface area (TPSA) is 90.4 Å². The SMILES string of the molecule is CCCc1nc(-c2ccc(Cl)cc2)nc2cc(C(=O)NOC(=O)OC)ccc12. The third kappa shape index (κ3) is 4.37. The molecule has 0 saturated carbocycles. The summed E-state index contributed by atoms with van der Waals surface area (Å²) in [6.45, 7) is 2.07. The molecule has 0 atom stereocenters. The number of fused-ring (bicyclic) bond motifs is 1. The zero-order valence-electron chi connectivity index (χ0n) is 15.4. The van der Waals surface area contributed by atoms with Crippen molar-refractivity contribution in [3.63, 3.8) is 0 Å². The molecule has 1 amide bonds. The molecule has 3 aromatic rings. The van der Waals surface area contributed by atoms with Crippen LogP contribution in [-0.2, 0) is 16.0 Å². The van der Waals surface area contributed by atoms with Crippen LogP contribution < -0.4 is 5.48 Å². The Morgan fingerprint density at radius 1 is 1.11 bits per heavy atom. The van der Waals surface area contributed by atoms with Crippen molar-refractivity contribution in [2.75, 3.05) is 7.11 Å². The van der Waals surface area contributed by atoms with Crippen molar-refractivity contribution in [3.05, 3.63) is 58.7 Å². The van der Waals surface area contributed by atoms with Gasteiger partial charge >= 0.3 is 6.16 Å². The number of hydrogen-bond donors (Lipinski definition) is 1. The Kier molecular flexibility index (Phi) is 6.06. The molecule has 0 fully saturated rings. The number of carbonyl (C=O) groups excluding carboxylic acids is 2. The number of hydrogen-bond acceptors (Lipinski definition) is 6. The van der Waals surface area contributed by atoms with E-state index < -0.39 is 12.1 Å². The average molecular weight is 400 g/mol. The van der Waals surface area contributed by atoms with Gasteiger partial charge in [0.2, 0.25) is 0 Å².